The highest BCUT2D eigenvalue weighted by Gasteiger charge is 2.27. The molecule has 4 N–H and O–H groups in total. The van der Waals surface area contributed by atoms with Gasteiger partial charge in [-0.15, -0.1) is 0 Å². The molecular formula is C15H14N2O3. The van der Waals surface area contributed by atoms with E-state index in [-0.39, 0.29) is 23.0 Å². The van der Waals surface area contributed by atoms with Crippen molar-refractivity contribution in [2.24, 2.45) is 0 Å². The third-order valence-electron chi connectivity index (χ3n) is 3.46. The zero-order valence-corrected chi connectivity index (χ0v) is 10.7. The Labute approximate surface area is 115 Å². The first-order valence-electron chi connectivity index (χ1n) is 6.28. The highest BCUT2D eigenvalue weighted by atomic mass is 16.3. The molecule has 0 aliphatic carbocycles. The van der Waals surface area contributed by atoms with Crippen LogP contribution in [0.15, 0.2) is 36.4 Å². The third-order valence-corrected chi connectivity index (χ3v) is 3.46. The molecule has 0 radical (unpaired) electrons. The molecule has 5 heteroatoms. The maximum absolute atomic E-state index is 12.5. The van der Waals surface area contributed by atoms with E-state index in [9.17, 15) is 15.0 Å². The van der Waals surface area contributed by atoms with Gasteiger partial charge in [0, 0.05) is 17.9 Å². The number of phenols is 2. The van der Waals surface area contributed by atoms with Gasteiger partial charge in [-0.3, -0.25) is 4.79 Å². The number of carbonyl (C=O) groups excluding carboxylic acids is 1. The fraction of sp³-hybridized carbons (Fsp3) is 0.133. The molecular weight excluding hydrogens is 256 g/mol. The summed E-state index contributed by atoms with van der Waals surface area (Å²) in [5, 5.41) is 19.3. The molecule has 0 spiro atoms. The van der Waals surface area contributed by atoms with Crippen LogP contribution in [-0.2, 0) is 6.42 Å². The lowest BCUT2D eigenvalue weighted by atomic mass is 10.1. The number of hydrogen-bond donors (Lipinski definition) is 3. The number of nitrogens with two attached hydrogens (primary N) is 1. The van der Waals surface area contributed by atoms with E-state index in [1.807, 2.05) is 6.07 Å². The monoisotopic (exact) mass is 270 g/mol. The first-order chi connectivity index (χ1) is 9.56. The standard InChI is InChI=1S/C15H14N2O3/c16-10-2-1-9-5-6-17(13(9)7-10)15(20)12-8-11(18)3-4-14(12)19/h1-4,7-8,18-19H,5-6,16H2. The average molecular weight is 270 g/mol. The largest absolute Gasteiger partial charge is 0.508 e. The Morgan fingerprint density at radius 2 is 1.95 bits per heavy atom. The average Bonchev–Trinajstić information content (AvgIpc) is 2.83. The molecule has 102 valence electrons. The number of nitrogen functional groups attached to an aromatic ring is 1. The van der Waals surface area contributed by atoms with Gasteiger partial charge in [-0.2, -0.15) is 0 Å². The van der Waals surface area contributed by atoms with Gasteiger partial charge < -0.3 is 20.8 Å². The molecule has 1 heterocycles. The van der Waals surface area contributed by atoms with Crippen LogP contribution in [0.4, 0.5) is 11.4 Å². The van der Waals surface area contributed by atoms with Crippen LogP contribution in [0.3, 0.4) is 0 Å². The van der Waals surface area contributed by atoms with E-state index in [1.165, 1.54) is 18.2 Å². The summed E-state index contributed by atoms with van der Waals surface area (Å²) < 4.78 is 0. The van der Waals surface area contributed by atoms with Crippen LogP contribution in [0.25, 0.3) is 0 Å². The van der Waals surface area contributed by atoms with Gasteiger partial charge in [0.15, 0.2) is 0 Å². The molecule has 0 bridgehead atoms. The summed E-state index contributed by atoms with van der Waals surface area (Å²) in [6.45, 7) is 0.534. The summed E-state index contributed by atoms with van der Waals surface area (Å²) in [6, 6.07) is 9.36. The SMILES string of the molecule is Nc1ccc2c(c1)N(C(=O)c1cc(O)ccc1O)CC2. The predicted octanol–water partition coefficient (Wildman–Crippen LogP) is 1.88. The molecule has 1 aliphatic heterocycles. The van der Waals surface area contributed by atoms with Gasteiger partial charge >= 0.3 is 0 Å². The normalized spacial score (nSPS) is 13.3. The number of fused-ring (bicyclic) bond motifs is 1. The van der Waals surface area contributed by atoms with Crippen molar-refractivity contribution in [2.75, 3.05) is 17.2 Å². The number of amides is 1. The van der Waals surface area contributed by atoms with E-state index in [2.05, 4.69) is 0 Å². The summed E-state index contributed by atoms with van der Waals surface area (Å²) in [7, 11) is 0. The fourth-order valence-corrected chi connectivity index (χ4v) is 2.45. The molecule has 2 aromatic rings. The second-order valence-corrected chi connectivity index (χ2v) is 4.80. The lowest BCUT2D eigenvalue weighted by Crippen LogP contribution is -2.28. The quantitative estimate of drug-likeness (QED) is 0.545. The Morgan fingerprint density at radius 1 is 1.15 bits per heavy atom. The van der Waals surface area contributed by atoms with E-state index < -0.39 is 0 Å². The third kappa shape index (κ3) is 1.93. The fourth-order valence-electron chi connectivity index (χ4n) is 2.45. The Morgan fingerprint density at radius 3 is 2.75 bits per heavy atom. The van der Waals surface area contributed by atoms with E-state index in [1.54, 1.807) is 17.0 Å². The Hall–Kier alpha value is -2.69. The molecule has 0 aromatic heterocycles. The minimum absolute atomic E-state index is 0.0573. The topological polar surface area (TPSA) is 86.8 Å². The second-order valence-electron chi connectivity index (χ2n) is 4.80. The highest BCUT2D eigenvalue weighted by molar-refractivity contribution is 6.09. The molecule has 0 saturated carbocycles. The molecule has 0 saturated heterocycles. The summed E-state index contributed by atoms with van der Waals surface area (Å²) >= 11 is 0. The minimum atomic E-state index is -0.345. The lowest BCUT2D eigenvalue weighted by Gasteiger charge is -2.18. The molecule has 3 rings (SSSR count). The van der Waals surface area contributed by atoms with Gasteiger partial charge in [-0.05, 0) is 42.3 Å². The van der Waals surface area contributed by atoms with E-state index in [4.69, 9.17) is 5.73 Å². The molecule has 5 nitrogen and oxygen atoms in total. The van der Waals surface area contributed by atoms with Crippen molar-refractivity contribution in [3.05, 3.63) is 47.5 Å². The Kier molecular flexibility index (Phi) is 2.75. The first-order valence-corrected chi connectivity index (χ1v) is 6.28. The van der Waals surface area contributed by atoms with Crippen LogP contribution in [0.5, 0.6) is 11.5 Å². The number of hydrogen-bond acceptors (Lipinski definition) is 4. The molecule has 20 heavy (non-hydrogen) atoms. The maximum atomic E-state index is 12.5. The molecule has 0 atom stereocenters. The van der Waals surface area contributed by atoms with Crippen LogP contribution in [0.1, 0.15) is 15.9 Å². The molecule has 1 aliphatic rings. The second kappa shape index (κ2) is 4.45. The van der Waals surface area contributed by atoms with Gasteiger partial charge in [0.05, 0.1) is 5.56 Å². The molecule has 2 aromatic carbocycles. The number of rotatable bonds is 1. The lowest BCUT2D eigenvalue weighted by molar-refractivity contribution is 0.0986. The number of nitrogens with zero attached hydrogens (tertiary/aromatic N) is 1. The van der Waals surface area contributed by atoms with Crippen molar-refractivity contribution < 1.29 is 15.0 Å². The van der Waals surface area contributed by atoms with Crippen LogP contribution < -0.4 is 10.6 Å². The van der Waals surface area contributed by atoms with Crippen molar-refractivity contribution in [3.8, 4) is 11.5 Å². The molecule has 1 amide bonds. The first kappa shape index (κ1) is 12.3. The van der Waals surface area contributed by atoms with Gasteiger partial charge in [-0.25, -0.2) is 0 Å². The zero-order chi connectivity index (χ0) is 14.3. The van der Waals surface area contributed by atoms with Crippen LogP contribution in [-0.4, -0.2) is 22.7 Å². The van der Waals surface area contributed by atoms with Crippen molar-refractivity contribution in [1.29, 1.82) is 0 Å². The smallest absolute Gasteiger partial charge is 0.262 e. The van der Waals surface area contributed by atoms with Crippen molar-refractivity contribution >= 4 is 17.3 Å². The molecule has 0 unspecified atom stereocenters. The number of anilines is 2. The van der Waals surface area contributed by atoms with Crippen molar-refractivity contribution in [3.63, 3.8) is 0 Å². The predicted molar refractivity (Wildman–Crippen MR) is 76.0 cm³/mol. The summed E-state index contributed by atoms with van der Waals surface area (Å²) in [6.07, 6.45) is 0.751. The van der Waals surface area contributed by atoms with Crippen LogP contribution in [0.2, 0.25) is 0 Å². The highest BCUT2D eigenvalue weighted by Crippen LogP contribution is 2.33. The molecule has 0 fully saturated rings. The Bertz CT molecular complexity index is 698. The number of benzene rings is 2. The Balaban J connectivity index is 2.01. The van der Waals surface area contributed by atoms with Gasteiger partial charge in [0.25, 0.3) is 5.91 Å². The van der Waals surface area contributed by atoms with E-state index in [0.29, 0.717) is 12.2 Å². The number of phenolic OH excluding ortho intramolecular Hbond substituents is 2. The number of aromatic hydroxyl groups is 2. The van der Waals surface area contributed by atoms with E-state index in [0.717, 1.165) is 17.7 Å². The number of carbonyl (C=O) groups is 1. The maximum Gasteiger partial charge on any atom is 0.262 e. The van der Waals surface area contributed by atoms with Gasteiger partial charge in [0.2, 0.25) is 0 Å². The zero-order valence-electron chi connectivity index (χ0n) is 10.7. The van der Waals surface area contributed by atoms with Crippen LogP contribution in [0, 0.1) is 0 Å². The minimum Gasteiger partial charge on any atom is -0.508 e. The van der Waals surface area contributed by atoms with E-state index >= 15 is 0 Å². The van der Waals surface area contributed by atoms with Crippen molar-refractivity contribution in [1.82, 2.24) is 0 Å². The summed E-state index contributed by atoms with van der Waals surface area (Å²) in [4.78, 5) is 14.1. The van der Waals surface area contributed by atoms with Crippen molar-refractivity contribution in [2.45, 2.75) is 6.42 Å². The van der Waals surface area contributed by atoms with Gasteiger partial charge in [-0.1, -0.05) is 6.07 Å². The van der Waals surface area contributed by atoms with Gasteiger partial charge in [0.1, 0.15) is 11.5 Å². The summed E-state index contributed by atoms with van der Waals surface area (Å²) in [5.74, 6) is -0.550. The summed E-state index contributed by atoms with van der Waals surface area (Å²) in [5.41, 5.74) is 8.24. The van der Waals surface area contributed by atoms with Crippen LogP contribution >= 0.6 is 0 Å².